The van der Waals surface area contributed by atoms with Crippen LogP contribution in [0.1, 0.15) is 33.8 Å². The molecule has 0 unspecified atom stereocenters. The summed E-state index contributed by atoms with van der Waals surface area (Å²) in [6.07, 6.45) is 0.618. The largest absolute Gasteiger partial charge is 0.352 e. The number of hydrogen-bond donors (Lipinski definition) is 2. The van der Waals surface area contributed by atoms with Gasteiger partial charge in [-0.05, 0) is 48.2 Å². The van der Waals surface area contributed by atoms with Gasteiger partial charge in [0.05, 0.1) is 4.88 Å². The van der Waals surface area contributed by atoms with Crippen LogP contribution >= 0.6 is 11.3 Å². The number of thiophene rings is 1. The van der Waals surface area contributed by atoms with E-state index in [0.29, 0.717) is 35.9 Å². The Kier molecular flexibility index (Phi) is 6.72. The van der Waals surface area contributed by atoms with Crippen molar-refractivity contribution in [1.29, 1.82) is 0 Å². The molecule has 0 radical (unpaired) electrons. The first-order valence-electron chi connectivity index (χ1n) is 10.2. The Labute approximate surface area is 189 Å². The Morgan fingerprint density at radius 1 is 1.06 bits per heavy atom. The zero-order valence-electron chi connectivity index (χ0n) is 17.5. The summed E-state index contributed by atoms with van der Waals surface area (Å²) in [5.74, 6) is 0.687. The lowest BCUT2D eigenvalue weighted by atomic mass is 10.1. The SMILES string of the molecule is Cc1ccc(C(=O)Nc2cccc(CNC(=O)CCc3nc(-c4cccs4)no3)c2)cc1. The Hall–Kier alpha value is -3.78. The number of carbonyl (C=O) groups excluding carboxylic acids is 2. The maximum Gasteiger partial charge on any atom is 0.255 e. The number of nitrogens with zero attached hydrogens (tertiary/aromatic N) is 2. The molecule has 2 aromatic heterocycles. The van der Waals surface area contributed by atoms with Gasteiger partial charge in [0.25, 0.3) is 5.91 Å². The molecule has 2 aromatic carbocycles. The molecule has 0 aliphatic carbocycles. The number of benzene rings is 2. The fourth-order valence-electron chi connectivity index (χ4n) is 3.04. The Bertz CT molecular complexity index is 1200. The third-order valence-electron chi connectivity index (χ3n) is 4.76. The fourth-order valence-corrected chi connectivity index (χ4v) is 3.69. The first-order chi connectivity index (χ1) is 15.6. The summed E-state index contributed by atoms with van der Waals surface area (Å²) >= 11 is 1.53. The van der Waals surface area contributed by atoms with E-state index in [0.717, 1.165) is 16.0 Å². The third kappa shape index (κ3) is 5.67. The summed E-state index contributed by atoms with van der Waals surface area (Å²) < 4.78 is 5.22. The molecule has 0 fully saturated rings. The summed E-state index contributed by atoms with van der Waals surface area (Å²) in [4.78, 5) is 29.9. The third-order valence-corrected chi connectivity index (χ3v) is 5.63. The Morgan fingerprint density at radius 3 is 2.69 bits per heavy atom. The molecule has 4 rings (SSSR count). The van der Waals surface area contributed by atoms with E-state index >= 15 is 0 Å². The van der Waals surface area contributed by atoms with Crippen molar-refractivity contribution < 1.29 is 14.1 Å². The first-order valence-corrected chi connectivity index (χ1v) is 11.0. The molecule has 4 aromatic rings. The molecule has 0 aliphatic heterocycles. The minimum atomic E-state index is -0.173. The smallest absolute Gasteiger partial charge is 0.255 e. The van der Waals surface area contributed by atoms with Crippen LogP contribution in [0, 0.1) is 6.92 Å². The van der Waals surface area contributed by atoms with Crippen LogP contribution in [0.4, 0.5) is 5.69 Å². The highest BCUT2D eigenvalue weighted by atomic mass is 32.1. The van der Waals surface area contributed by atoms with Crippen LogP contribution in [0.3, 0.4) is 0 Å². The first kappa shape index (κ1) is 21.5. The topological polar surface area (TPSA) is 97.1 Å². The lowest BCUT2D eigenvalue weighted by Gasteiger charge is -2.09. The molecular formula is C24H22N4O3S. The van der Waals surface area contributed by atoms with Crippen LogP contribution in [0.5, 0.6) is 0 Å². The van der Waals surface area contributed by atoms with E-state index in [9.17, 15) is 9.59 Å². The quantitative estimate of drug-likeness (QED) is 0.412. The van der Waals surface area contributed by atoms with Gasteiger partial charge in [-0.1, -0.05) is 41.1 Å². The predicted octanol–water partition coefficient (Wildman–Crippen LogP) is 4.61. The van der Waals surface area contributed by atoms with Crippen LogP contribution in [-0.2, 0) is 17.8 Å². The summed E-state index contributed by atoms with van der Waals surface area (Å²) in [5, 5.41) is 11.7. The highest BCUT2D eigenvalue weighted by Crippen LogP contribution is 2.21. The monoisotopic (exact) mass is 446 g/mol. The molecule has 162 valence electrons. The Balaban J connectivity index is 1.26. The minimum Gasteiger partial charge on any atom is -0.352 e. The zero-order chi connectivity index (χ0) is 22.3. The van der Waals surface area contributed by atoms with Gasteiger partial charge in [0.15, 0.2) is 0 Å². The van der Waals surface area contributed by atoms with Crippen molar-refractivity contribution in [3.8, 4) is 10.7 Å². The van der Waals surface area contributed by atoms with E-state index in [-0.39, 0.29) is 18.2 Å². The maximum atomic E-state index is 12.4. The van der Waals surface area contributed by atoms with Crippen molar-refractivity contribution in [3.63, 3.8) is 0 Å². The number of rotatable bonds is 8. The molecule has 0 bridgehead atoms. The van der Waals surface area contributed by atoms with Gasteiger partial charge in [0.1, 0.15) is 0 Å². The fraction of sp³-hybridized carbons (Fsp3) is 0.167. The van der Waals surface area contributed by atoms with Gasteiger partial charge >= 0.3 is 0 Å². The molecule has 2 amide bonds. The van der Waals surface area contributed by atoms with Crippen molar-refractivity contribution >= 4 is 28.8 Å². The number of aromatic nitrogens is 2. The molecule has 0 spiro atoms. The average molecular weight is 447 g/mol. The lowest BCUT2D eigenvalue weighted by molar-refractivity contribution is -0.121. The summed E-state index contributed by atoms with van der Waals surface area (Å²) in [6.45, 7) is 2.33. The van der Waals surface area contributed by atoms with Gasteiger partial charge in [-0.2, -0.15) is 4.98 Å². The standard InChI is InChI=1S/C24H22N4O3S/c1-16-7-9-18(10-8-16)24(30)26-19-5-2-4-17(14-19)15-25-21(29)11-12-22-27-23(28-31-22)20-6-3-13-32-20/h2-10,13-14H,11-12,15H2,1H3,(H,25,29)(H,26,30). The molecule has 0 aliphatic rings. The minimum absolute atomic E-state index is 0.116. The van der Waals surface area contributed by atoms with E-state index in [1.54, 1.807) is 12.1 Å². The maximum absolute atomic E-state index is 12.4. The molecule has 0 saturated carbocycles. The van der Waals surface area contributed by atoms with Crippen molar-refractivity contribution in [2.24, 2.45) is 0 Å². The number of aryl methyl sites for hydroxylation is 2. The predicted molar refractivity (Wildman–Crippen MR) is 123 cm³/mol. The highest BCUT2D eigenvalue weighted by Gasteiger charge is 2.11. The second-order valence-electron chi connectivity index (χ2n) is 7.29. The van der Waals surface area contributed by atoms with E-state index in [2.05, 4.69) is 20.8 Å². The highest BCUT2D eigenvalue weighted by molar-refractivity contribution is 7.13. The van der Waals surface area contributed by atoms with Crippen molar-refractivity contribution in [2.75, 3.05) is 5.32 Å². The number of anilines is 1. The van der Waals surface area contributed by atoms with E-state index in [1.807, 2.05) is 60.8 Å². The molecule has 32 heavy (non-hydrogen) atoms. The second-order valence-corrected chi connectivity index (χ2v) is 8.23. The van der Waals surface area contributed by atoms with Crippen LogP contribution in [-0.4, -0.2) is 22.0 Å². The molecule has 8 heteroatoms. The van der Waals surface area contributed by atoms with Crippen LogP contribution < -0.4 is 10.6 Å². The van der Waals surface area contributed by atoms with E-state index < -0.39 is 0 Å². The van der Waals surface area contributed by atoms with E-state index in [1.165, 1.54) is 11.3 Å². The molecule has 2 N–H and O–H groups in total. The molecule has 2 heterocycles. The van der Waals surface area contributed by atoms with Gasteiger partial charge in [-0.3, -0.25) is 9.59 Å². The number of amides is 2. The van der Waals surface area contributed by atoms with Crippen LogP contribution in [0.25, 0.3) is 10.7 Å². The van der Waals surface area contributed by atoms with E-state index in [4.69, 9.17) is 4.52 Å². The van der Waals surface area contributed by atoms with Crippen LogP contribution in [0.15, 0.2) is 70.6 Å². The van der Waals surface area contributed by atoms with Crippen LogP contribution in [0.2, 0.25) is 0 Å². The molecule has 7 nitrogen and oxygen atoms in total. The number of hydrogen-bond acceptors (Lipinski definition) is 6. The van der Waals surface area contributed by atoms with Gasteiger partial charge in [-0.25, -0.2) is 0 Å². The van der Waals surface area contributed by atoms with Gasteiger partial charge < -0.3 is 15.2 Å². The Morgan fingerprint density at radius 2 is 1.91 bits per heavy atom. The van der Waals surface area contributed by atoms with Crippen molar-refractivity contribution in [2.45, 2.75) is 26.3 Å². The normalized spacial score (nSPS) is 10.7. The molecule has 0 saturated heterocycles. The van der Waals surface area contributed by atoms with Crippen molar-refractivity contribution in [1.82, 2.24) is 15.5 Å². The van der Waals surface area contributed by atoms with Crippen molar-refractivity contribution in [3.05, 3.63) is 88.6 Å². The average Bonchev–Trinajstić information content (AvgIpc) is 3.49. The number of nitrogens with one attached hydrogen (secondary N) is 2. The zero-order valence-corrected chi connectivity index (χ0v) is 18.3. The van der Waals surface area contributed by atoms with Gasteiger partial charge in [-0.15, -0.1) is 11.3 Å². The van der Waals surface area contributed by atoms with Gasteiger partial charge in [0, 0.05) is 30.6 Å². The van der Waals surface area contributed by atoms with Gasteiger partial charge in [0.2, 0.25) is 17.6 Å². The number of carbonyl (C=O) groups is 2. The lowest BCUT2D eigenvalue weighted by Crippen LogP contribution is -2.23. The summed E-state index contributed by atoms with van der Waals surface area (Å²) in [7, 11) is 0. The summed E-state index contributed by atoms with van der Waals surface area (Å²) in [5.41, 5.74) is 3.26. The molecular weight excluding hydrogens is 424 g/mol. The molecule has 0 atom stereocenters. The summed E-state index contributed by atoms with van der Waals surface area (Å²) in [6, 6.07) is 18.6. The second kappa shape index (κ2) is 10.0.